The molecule has 1 amide bonds. The molecule has 1 aromatic rings. The molecule has 160 valence electrons. The summed E-state index contributed by atoms with van der Waals surface area (Å²) in [5.41, 5.74) is 0.736. The lowest BCUT2D eigenvalue weighted by atomic mass is 10.2. The van der Waals surface area contributed by atoms with Crippen LogP contribution in [0.4, 0.5) is 4.39 Å². The van der Waals surface area contributed by atoms with Crippen LogP contribution >= 0.6 is 11.8 Å². The highest BCUT2D eigenvalue weighted by Crippen LogP contribution is 2.17. The molecule has 1 N–H and O–H groups in total. The van der Waals surface area contributed by atoms with Gasteiger partial charge in [-0.1, -0.05) is 18.2 Å². The number of hydrogen-bond acceptors (Lipinski definition) is 4. The van der Waals surface area contributed by atoms with E-state index in [-0.39, 0.29) is 17.8 Å². The van der Waals surface area contributed by atoms with E-state index in [1.54, 1.807) is 17.8 Å². The third kappa shape index (κ3) is 6.34. The van der Waals surface area contributed by atoms with Crippen molar-refractivity contribution in [3.63, 3.8) is 0 Å². The number of carbonyl (C=O) groups is 1. The van der Waals surface area contributed by atoms with Crippen LogP contribution in [0.1, 0.15) is 25.3 Å². The fourth-order valence-corrected chi connectivity index (χ4v) is 4.37. The summed E-state index contributed by atoms with van der Waals surface area (Å²) >= 11 is 1.69. The van der Waals surface area contributed by atoms with E-state index in [2.05, 4.69) is 17.1 Å². The first-order valence-electron chi connectivity index (χ1n) is 10.4. The molecule has 1 unspecified atom stereocenters. The van der Waals surface area contributed by atoms with Crippen molar-refractivity contribution in [3.8, 4) is 0 Å². The highest BCUT2D eigenvalue weighted by atomic mass is 32.2. The van der Waals surface area contributed by atoms with Crippen molar-refractivity contribution < 1.29 is 13.9 Å². The number of carbonyl (C=O) groups excluding carboxylic acids is 1. The molecule has 2 heterocycles. The van der Waals surface area contributed by atoms with Gasteiger partial charge < -0.3 is 19.9 Å². The molecule has 2 saturated heterocycles. The Morgan fingerprint density at radius 3 is 2.72 bits per heavy atom. The molecule has 2 fully saturated rings. The van der Waals surface area contributed by atoms with E-state index in [0.717, 1.165) is 49.8 Å². The van der Waals surface area contributed by atoms with E-state index < -0.39 is 0 Å². The Morgan fingerprint density at radius 2 is 2.03 bits per heavy atom. The first-order chi connectivity index (χ1) is 14.2. The number of aliphatic imine (C=N–C) groups is 1. The van der Waals surface area contributed by atoms with Gasteiger partial charge in [0.25, 0.3) is 5.91 Å². The van der Waals surface area contributed by atoms with Crippen LogP contribution < -0.4 is 5.32 Å². The van der Waals surface area contributed by atoms with Gasteiger partial charge in [-0.05, 0) is 31.4 Å². The first kappa shape index (κ1) is 21.9. The maximum Gasteiger partial charge on any atom is 0.251 e. The molecule has 2 aliphatic heterocycles. The first-order valence-corrected chi connectivity index (χ1v) is 11.6. The van der Waals surface area contributed by atoms with Crippen LogP contribution in [0.3, 0.4) is 0 Å². The number of piperazine rings is 1. The highest BCUT2D eigenvalue weighted by molar-refractivity contribution is 7.98. The number of thioether (sulfide) groups is 1. The number of nitrogens with one attached hydrogen (secondary N) is 1. The van der Waals surface area contributed by atoms with E-state index in [0.29, 0.717) is 32.0 Å². The standard InChI is InChI=1S/C21H31FN4O2S/c1-2-23-21(24-9-15-29-16-17-6-3-4-7-18(17)22)26-12-10-25(11-13-26)20(27)19-8-5-14-28-19/h3-4,6-7,19H,2,5,8-16H2,1H3,(H,23,24). The molecule has 0 spiro atoms. The van der Waals surface area contributed by atoms with Crippen molar-refractivity contribution in [2.75, 3.05) is 51.6 Å². The predicted octanol–water partition coefficient (Wildman–Crippen LogP) is 2.35. The number of ether oxygens (including phenoxy) is 1. The average molecular weight is 423 g/mol. The predicted molar refractivity (Wildman–Crippen MR) is 116 cm³/mol. The molecule has 0 aromatic heterocycles. The van der Waals surface area contributed by atoms with Crippen LogP contribution in [0, 0.1) is 5.82 Å². The molecule has 0 bridgehead atoms. The van der Waals surface area contributed by atoms with E-state index in [1.165, 1.54) is 6.07 Å². The highest BCUT2D eigenvalue weighted by Gasteiger charge is 2.30. The van der Waals surface area contributed by atoms with Gasteiger partial charge in [0.2, 0.25) is 0 Å². The lowest BCUT2D eigenvalue weighted by Gasteiger charge is -2.37. The van der Waals surface area contributed by atoms with E-state index in [4.69, 9.17) is 9.73 Å². The lowest BCUT2D eigenvalue weighted by molar-refractivity contribution is -0.142. The van der Waals surface area contributed by atoms with Crippen molar-refractivity contribution in [2.45, 2.75) is 31.6 Å². The molecule has 1 aromatic carbocycles. The maximum absolute atomic E-state index is 13.7. The fraction of sp³-hybridized carbons (Fsp3) is 0.619. The summed E-state index contributed by atoms with van der Waals surface area (Å²) in [6.07, 6.45) is 1.57. The topological polar surface area (TPSA) is 57.2 Å². The zero-order chi connectivity index (χ0) is 20.5. The fourth-order valence-electron chi connectivity index (χ4n) is 3.55. The minimum atomic E-state index is -0.241. The Bertz CT molecular complexity index is 689. The molecular weight excluding hydrogens is 391 g/mol. The largest absolute Gasteiger partial charge is 0.368 e. The molecule has 2 aliphatic rings. The van der Waals surface area contributed by atoms with E-state index >= 15 is 0 Å². The average Bonchev–Trinajstić information content (AvgIpc) is 3.28. The van der Waals surface area contributed by atoms with Crippen LogP contribution in [0.25, 0.3) is 0 Å². The second-order valence-corrected chi connectivity index (χ2v) is 8.30. The van der Waals surface area contributed by atoms with E-state index in [9.17, 15) is 9.18 Å². The zero-order valence-corrected chi connectivity index (χ0v) is 17.9. The van der Waals surface area contributed by atoms with Gasteiger partial charge in [-0.25, -0.2) is 4.39 Å². The molecular formula is C21H31FN4O2S. The maximum atomic E-state index is 13.7. The third-order valence-electron chi connectivity index (χ3n) is 5.14. The van der Waals surface area contributed by atoms with Crippen LogP contribution in [0.5, 0.6) is 0 Å². The van der Waals surface area contributed by atoms with Gasteiger partial charge in [0.15, 0.2) is 5.96 Å². The lowest BCUT2D eigenvalue weighted by Crippen LogP contribution is -2.55. The summed E-state index contributed by atoms with van der Waals surface area (Å²) in [7, 11) is 0. The third-order valence-corrected chi connectivity index (χ3v) is 6.13. The Kier molecular flexibility index (Phi) is 8.61. The molecule has 1 atom stereocenters. The number of benzene rings is 1. The number of amides is 1. The monoisotopic (exact) mass is 422 g/mol. The van der Waals surface area contributed by atoms with Crippen molar-refractivity contribution in [2.24, 2.45) is 4.99 Å². The molecule has 8 heteroatoms. The number of rotatable bonds is 7. The van der Waals surface area contributed by atoms with Crippen LogP contribution in [0.2, 0.25) is 0 Å². The smallest absolute Gasteiger partial charge is 0.251 e. The Morgan fingerprint density at radius 1 is 1.28 bits per heavy atom. The van der Waals surface area contributed by atoms with Gasteiger partial charge in [-0.2, -0.15) is 11.8 Å². The zero-order valence-electron chi connectivity index (χ0n) is 17.1. The Hall–Kier alpha value is -1.80. The molecule has 29 heavy (non-hydrogen) atoms. The van der Waals surface area contributed by atoms with Gasteiger partial charge in [0.1, 0.15) is 11.9 Å². The van der Waals surface area contributed by atoms with Crippen LogP contribution in [-0.2, 0) is 15.3 Å². The van der Waals surface area contributed by atoms with Crippen LogP contribution in [0.15, 0.2) is 29.3 Å². The van der Waals surface area contributed by atoms with E-state index in [1.807, 2.05) is 17.0 Å². The summed E-state index contributed by atoms with van der Waals surface area (Å²) in [5.74, 6) is 2.37. The van der Waals surface area contributed by atoms with Gasteiger partial charge in [0, 0.05) is 50.8 Å². The normalized spacial score (nSPS) is 20.2. The summed E-state index contributed by atoms with van der Waals surface area (Å²) < 4.78 is 19.2. The molecule has 0 aliphatic carbocycles. The molecule has 0 saturated carbocycles. The van der Waals surface area contributed by atoms with Gasteiger partial charge >= 0.3 is 0 Å². The van der Waals surface area contributed by atoms with Gasteiger partial charge in [0.05, 0.1) is 6.54 Å². The van der Waals surface area contributed by atoms with Crippen molar-refractivity contribution in [3.05, 3.63) is 35.6 Å². The molecule has 3 rings (SSSR count). The Balaban J connectivity index is 1.43. The van der Waals surface area contributed by atoms with Crippen molar-refractivity contribution >= 4 is 23.6 Å². The molecule has 6 nitrogen and oxygen atoms in total. The van der Waals surface area contributed by atoms with Crippen LogP contribution in [-0.4, -0.2) is 79.4 Å². The number of hydrogen-bond donors (Lipinski definition) is 1. The second kappa shape index (κ2) is 11.4. The quantitative estimate of drug-likeness (QED) is 0.415. The van der Waals surface area contributed by atoms with Gasteiger partial charge in [-0.15, -0.1) is 0 Å². The second-order valence-electron chi connectivity index (χ2n) is 7.19. The minimum Gasteiger partial charge on any atom is -0.368 e. The summed E-state index contributed by atoms with van der Waals surface area (Å²) in [6, 6.07) is 6.90. The summed E-state index contributed by atoms with van der Waals surface area (Å²) in [6.45, 7) is 7.17. The number of nitrogens with zero attached hydrogens (tertiary/aromatic N) is 3. The SMILES string of the molecule is CCNC(=NCCSCc1ccccc1F)N1CCN(C(=O)C2CCCO2)CC1. The Labute approximate surface area is 176 Å². The summed E-state index contributed by atoms with van der Waals surface area (Å²) in [5, 5.41) is 3.35. The number of guanidine groups is 1. The number of halogens is 1. The summed E-state index contributed by atoms with van der Waals surface area (Å²) in [4.78, 5) is 21.4. The van der Waals surface area contributed by atoms with Gasteiger partial charge in [-0.3, -0.25) is 9.79 Å². The minimum absolute atomic E-state index is 0.133. The molecule has 0 radical (unpaired) electrons. The van der Waals surface area contributed by atoms with Crippen molar-refractivity contribution in [1.29, 1.82) is 0 Å². The van der Waals surface area contributed by atoms with Crippen molar-refractivity contribution in [1.82, 2.24) is 15.1 Å².